The molecule has 0 aliphatic heterocycles. The maximum Gasteiger partial charge on any atom is 0.305 e. The second-order valence-corrected chi connectivity index (χ2v) is 4.20. The number of unbranched alkanes of at least 4 members (excludes halogenated alkanes) is 1. The van der Waals surface area contributed by atoms with Crippen molar-refractivity contribution in [1.29, 1.82) is 0 Å². The fourth-order valence-corrected chi connectivity index (χ4v) is 1.56. The predicted octanol–water partition coefficient (Wildman–Crippen LogP) is 2.01. The molecule has 16 heavy (non-hydrogen) atoms. The zero-order valence-electron chi connectivity index (χ0n) is 9.76. The maximum absolute atomic E-state index is 11.2. The number of nitrogens with one attached hydrogen (secondary N) is 1. The van der Waals surface area contributed by atoms with Gasteiger partial charge >= 0.3 is 5.97 Å². The maximum atomic E-state index is 11.2. The minimum atomic E-state index is -0.198. The van der Waals surface area contributed by atoms with E-state index in [1.807, 2.05) is 0 Å². The van der Waals surface area contributed by atoms with Crippen molar-refractivity contribution in [2.45, 2.75) is 39.0 Å². The molecule has 0 heterocycles. The molecule has 0 bridgehead atoms. The molecule has 0 aromatic heterocycles. The van der Waals surface area contributed by atoms with Crippen molar-refractivity contribution >= 4 is 27.8 Å². The van der Waals surface area contributed by atoms with E-state index >= 15 is 0 Å². The van der Waals surface area contributed by atoms with Crippen molar-refractivity contribution in [1.82, 2.24) is 5.32 Å². The van der Waals surface area contributed by atoms with Gasteiger partial charge in [-0.1, -0.05) is 15.9 Å². The summed E-state index contributed by atoms with van der Waals surface area (Å²) in [7, 11) is 0. The molecule has 0 rings (SSSR count). The van der Waals surface area contributed by atoms with E-state index in [-0.39, 0.29) is 11.9 Å². The van der Waals surface area contributed by atoms with Gasteiger partial charge in [0.2, 0.25) is 5.91 Å². The first-order chi connectivity index (χ1) is 7.70. The van der Waals surface area contributed by atoms with E-state index < -0.39 is 0 Å². The van der Waals surface area contributed by atoms with E-state index in [0.717, 1.165) is 18.2 Å². The number of alkyl halides is 1. The highest BCUT2D eigenvalue weighted by Gasteiger charge is 2.03. The molecule has 0 aromatic rings. The quantitative estimate of drug-likeness (QED) is 0.402. The summed E-state index contributed by atoms with van der Waals surface area (Å²) in [6.45, 7) is 2.74. The molecule has 0 radical (unpaired) electrons. The van der Waals surface area contributed by atoms with Gasteiger partial charge in [-0.2, -0.15) is 0 Å². The van der Waals surface area contributed by atoms with Crippen LogP contribution in [0.1, 0.15) is 39.0 Å². The minimum Gasteiger partial charge on any atom is -0.466 e. The van der Waals surface area contributed by atoms with Crippen LogP contribution in [0.2, 0.25) is 0 Å². The van der Waals surface area contributed by atoms with Crippen LogP contribution in [0.3, 0.4) is 0 Å². The summed E-state index contributed by atoms with van der Waals surface area (Å²) in [4.78, 5) is 22.2. The molecular weight excluding hydrogens is 274 g/mol. The normalized spacial score (nSPS) is 9.88. The van der Waals surface area contributed by atoms with E-state index in [4.69, 9.17) is 4.74 Å². The average Bonchev–Trinajstić information content (AvgIpc) is 2.25. The summed E-state index contributed by atoms with van der Waals surface area (Å²) in [5.74, 6) is -0.138. The molecule has 0 fully saturated rings. The number of carbonyl (C=O) groups is 2. The lowest BCUT2D eigenvalue weighted by Crippen LogP contribution is -2.24. The van der Waals surface area contributed by atoms with Crippen LogP contribution in [0, 0.1) is 0 Å². The lowest BCUT2D eigenvalue weighted by Gasteiger charge is -2.04. The Morgan fingerprint density at radius 2 is 1.94 bits per heavy atom. The third-order valence-electron chi connectivity index (χ3n) is 1.97. The highest BCUT2D eigenvalue weighted by atomic mass is 79.9. The lowest BCUT2D eigenvalue weighted by atomic mass is 10.2. The molecular formula is C11H20BrNO3. The van der Waals surface area contributed by atoms with Gasteiger partial charge in [0, 0.05) is 24.7 Å². The van der Waals surface area contributed by atoms with Gasteiger partial charge in [-0.05, 0) is 26.2 Å². The fourth-order valence-electron chi connectivity index (χ4n) is 1.16. The first-order valence-electron chi connectivity index (χ1n) is 5.69. The minimum absolute atomic E-state index is 0.0600. The van der Waals surface area contributed by atoms with Gasteiger partial charge in [-0.15, -0.1) is 0 Å². The molecule has 0 atom stereocenters. The molecule has 94 valence electrons. The third-order valence-corrected chi connectivity index (χ3v) is 2.53. The lowest BCUT2D eigenvalue weighted by molar-refractivity contribution is -0.143. The summed E-state index contributed by atoms with van der Waals surface area (Å²) in [6.07, 6.45) is 3.48. The summed E-state index contributed by atoms with van der Waals surface area (Å²) in [6, 6.07) is 0. The van der Waals surface area contributed by atoms with Gasteiger partial charge in [0.1, 0.15) is 0 Å². The number of ether oxygens (including phenoxy) is 1. The van der Waals surface area contributed by atoms with Crippen molar-refractivity contribution < 1.29 is 14.3 Å². The number of halogens is 1. The number of rotatable bonds is 9. The van der Waals surface area contributed by atoms with Gasteiger partial charge < -0.3 is 10.1 Å². The van der Waals surface area contributed by atoms with E-state index in [2.05, 4.69) is 21.2 Å². The third kappa shape index (κ3) is 9.96. The molecule has 0 saturated heterocycles. The molecule has 1 N–H and O–H groups in total. The predicted molar refractivity (Wildman–Crippen MR) is 66.5 cm³/mol. The van der Waals surface area contributed by atoms with Gasteiger partial charge in [0.25, 0.3) is 0 Å². The largest absolute Gasteiger partial charge is 0.466 e. The Morgan fingerprint density at radius 3 is 2.56 bits per heavy atom. The van der Waals surface area contributed by atoms with Gasteiger partial charge in [-0.3, -0.25) is 9.59 Å². The summed E-state index contributed by atoms with van der Waals surface area (Å²) in [5, 5.41) is 3.71. The van der Waals surface area contributed by atoms with Crippen LogP contribution in [-0.4, -0.2) is 30.4 Å². The zero-order chi connectivity index (χ0) is 12.2. The van der Waals surface area contributed by atoms with E-state index in [1.165, 1.54) is 0 Å². The first kappa shape index (κ1) is 15.4. The molecule has 0 unspecified atom stereocenters. The molecule has 0 saturated carbocycles. The van der Waals surface area contributed by atoms with Crippen molar-refractivity contribution in [2.75, 3.05) is 18.5 Å². The van der Waals surface area contributed by atoms with Crippen LogP contribution in [0.4, 0.5) is 0 Å². The Bertz CT molecular complexity index is 209. The van der Waals surface area contributed by atoms with Crippen LogP contribution in [0.25, 0.3) is 0 Å². The van der Waals surface area contributed by atoms with Crippen molar-refractivity contribution in [2.24, 2.45) is 0 Å². The van der Waals surface area contributed by atoms with E-state index in [9.17, 15) is 9.59 Å². The van der Waals surface area contributed by atoms with Crippen LogP contribution >= 0.6 is 15.9 Å². The standard InChI is InChI=1S/C11H20BrNO3/c1-2-16-11(15)7-5-9-13-10(14)6-3-4-8-12/h2-9H2,1H3,(H,13,14). The molecule has 0 aromatic carbocycles. The molecule has 0 aliphatic carbocycles. The van der Waals surface area contributed by atoms with E-state index in [1.54, 1.807) is 6.92 Å². The second kappa shape index (κ2) is 10.9. The Hall–Kier alpha value is -0.580. The Labute approximate surface area is 105 Å². The van der Waals surface area contributed by atoms with Gasteiger partial charge in [-0.25, -0.2) is 0 Å². The highest BCUT2D eigenvalue weighted by molar-refractivity contribution is 9.09. The number of hydrogen-bond donors (Lipinski definition) is 1. The van der Waals surface area contributed by atoms with Gasteiger partial charge in [0.05, 0.1) is 6.61 Å². The topological polar surface area (TPSA) is 55.4 Å². The van der Waals surface area contributed by atoms with Crippen molar-refractivity contribution in [3.63, 3.8) is 0 Å². The monoisotopic (exact) mass is 293 g/mol. The number of amides is 1. The van der Waals surface area contributed by atoms with Crippen molar-refractivity contribution in [3.05, 3.63) is 0 Å². The van der Waals surface area contributed by atoms with Crippen LogP contribution < -0.4 is 5.32 Å². The Balaban J connectivity index is 3.30. The van der Waals surface area contributed by atoms with E-state index in [0.29, 0.717) is 32.4 Å². The summed E-state index contributed by atoms with van der Waals surface area (Å²) >= 11 is 3.31. The van der Waals surface area contributed by atoms with Crippen LogP contribution in [0.15, 0.2) is 0 Å². The molecule has 4 nitrogen and oxygen atoms in total. The average molecular weight is 294 g/mol. The highest BCUT2D eigenvalue weighted by Crippen LogP contribution is 1.98. The van der Waals surface area contributed by atoms with Crippen LogP contribution in [0.5, 0.6) is 0 Å². The van der Waals surface area contributed by atoms with Crippen LogP contribution in [-0.2, 0) is 14.3 Å². The molecule has 1 amide bonds. The Kier molecular flexibility index (Phi) is 10.5. The summed E-state index contributed by atoms with van der Waals surface area (Å²) < 4.78 is 4.77. The zero-order valence-corrected chi connectivity index (χ0v) is 11.3. The molecule has 5 heteroatoms. The first-order valence-corrected chi connectivity index (χ1v) is 6.81. The molecule has 0 aliphatic rings. The SMILES string of the molecule is CCOC(=O)CCCNC(=O)CCCCBr. The Morgan fingerprint density at radius 1 is 1.19 bits per heavy atom. The fraction of sp³-hybridized carbons (Fsp3) is 0.818. The summed E-state index contributed by atoms with van der Waals surface area (Å²) in [5.41, 5.74) is 0. The number of hydrogen-bond acceptors (Lipinski definition) is 3. The number of esters is 1. The molecule has 0 spiro atoms. The second-order valence-electron chi connectivity index (χ2n) is 3.40. The van der Waals surface area contributed by atoms with Gasteiger partial charge in [0.15, 0.2) is 0 Å². The smallest absolute Gasteiger partial charge is 0.305 e. The number of carbonyl (C=O) groups excluding carboxylic acids is 2. The van der Waals surface area contributed by atoms with Crippen molar-refractivity contribution in [3.8, 4) is 0 Å².